The number of rotatable bonds is 4. The first-order valence-electron chi connectivity index (χ1n) is 8.59. The minimum atomic E-state index is -0.358. The predicted octanol–water partition coefficient (Wildman–Crippen LogP) is 4.49. The number of nitrogens with one attached hydrogen (secondary N) is 2. The van der Waals surface area contributed by atoms with Gasteiger partial charge in [0.1, 0.15) is 0 Å². The number of hydrogen-bond acceptors (Lipinski definition) is 4. The summed E-state index contributed by atoms with van der Waals surface area (Å²) in [6.07, 6.45) is 4.41. The minimum Gasteiger partial charge on any atom is -0.449 e. The first kappa shape index (κ1) is 15.7. The Bertz CT molecular complexity index is 689. The fraction of sp³-hybridized carbons (Fsp3) is 0.421. The number of hydrogen-bond donors (Lipinski definition) is 2. The second-order valence-electron chi connectivity index (χ2n) is 6.76. The lowest BCUT2D eigenvalue weighted by Crippen LogP contribution is -2.39. The number of thiophene rings is 1. The average molecular weight is 342 g/mol. The molecule has 2 fully saturated rings. The molecule has 0 radical (unpaired) electrons. The largest absolute Gasteiger partial charge is 0.449 e. The second-order valence-corrected chi connectivity index (χ2v) is 7.54. The molecular weight excluding hydrogens is 320 g/mol. The van der Waals surface area contributed by atoms with E-state index in [2.05, 4.69) is 22.1 Å². The molecule has 3 heterocycles. The highest BCUT2D eigenvalue weighted by Gasteiger charge is 2.33. The quantitative estimate of drug-likeness (QED) is 0.860. The van der Waals surface area contributed by atoms with E-state index in [-0.39, 0.29) is 6.09 Å². The summed E-state index contributed by atoms with van der Waals surface area (Å²) < 4.78 is 5.51. The molecule has 5 heteroatoms. The van der Waals surface area contributed by atoms with Gasteiger partial charge in [0.15, 0.2) is 0 Å². The zero-order valence-corrected chi connectivity index (χ0v) is 14.4. The van der Waals surface area contributed by atoms with Gasteiger partial charge in [-0.2, -0.15) is 11.3 Å². The van der Waals surface area contributed by atoms with Gasteiger partial charge in [0.25, 0.3) is 0 Å². The summed E-state index contributed by atoms with van der Waals surface area (Å²) in [5, 5.41) is 10.6. The van der Waals surface area contributed by atoms with Crippen LogP contribution in [0.4, 0.5) is 10.5 Å². The van der Waals surface area contributed by atoms with Crippen molar-refractivity contribution in [2.75, 3.05) is 11.9 Å². The Hall–Kier alpha value is -1.85. The molecule has 0 aliphatic carbocycles. The van der Waals surface area contributed by atoms with Gasteiger partial charge >= 0.3 is 6.09 Å². The molecule has 2 aromatic rings. The van der Waals surface area contributed by atoms with E-state index in [0.29, 0.717) is 24.6 Å². The van der Waals surface area contributed by atoms with Crippen molar-refractivity contribution >= 4 is 23.1 Å². The standard InChI is InChI=1S/C19H22N2O2S/c22-19(23-11-13-9-15-5-6-16(10-13)20-15)21-18-4-2-1-3-17(18)14-7-8-24-12-14/h1-4,7-8,12-13,15-16,20H,5-6,9-11H2,(H,21,22)/t13?,15-,16+. The summed E-state index contributed by atoms with van der Waals surface area (Å²) in [5.41, 5.74) is 2.94. The molecule has 4 rings (SSSR count). The fourth-order valence-electron chi connectivity index (χ4n) is 3.91. The third kappa shape index (κ3) is 3.47. The Morgan fingerprint density at radius 3 is 2.75 bits per heavy atom. The molecule has 24 heavy (non-hydrogen) atoms. The van der Waals surface area contributed by atoms with Crippen molar-refractivity contribution in [3.05, 3.63) is 41.1 Å². The molecule has 1 unspecified atom stereocenters. The Morgan fingerprint density at radius 1 is 1.21 bits per heavy atom. The summed E-state index contributed by atoms with van der Waals surface area (Å²) >= 11 is 1.65. The molecule has 1 aromatic carbocycles. The highest BCUT2D eigenvalue weighted by molar-refractivity contribution is 7.08. The lowest BCUT2D eigenvalue weighted by atomic mass is 9.93. The third-order valence-corrected chi connectivity index (χ3v) is 5.70. The number of piperidine rings is 1. The van der Waals surface area contributed by atoms with Gasteiger partial charge in [0.2, 0.25) is 0 Å². The number of carbonyl (C=O) groups is 1. The highest BCUT2D eigenvalue weighted by atomic mass is 32.1. The molecule has 1 aromatic heterocycles. The molecule has 3 atom stereocenters. The van der Waals surface area contributed by atoms with E-state index >= 15 is 0 Å². The van der Waals surface area contributed by atoms with Crippen molar-refractivity contribution in [2.24, 2.45) is 5.92 Å². The van der Waals surface area contributed by atoms with Crippen LogP contribution in [0, 0.1) is 5.92 Å². The van der Waals surface area contributed by atoms with Crippen molar-refractivity contribution in [1.29, 1.82) is 0 Å². The van der Waals surface area contributed by atoms with E-state index in [1.54, 1.807) is 11.3 Å². The predicted molar refractivity (Wildman–Crippen MR) is 97.4 cm³/mol. The van der Waals surface area contributed by atoms with Crippen molar-refractivity contribution in [2.45, 2.75) is 37.8 Å². The fourth-order valence-corrected chi connectivity index (χ4v) is 4.57. The first-order valence-corrected chi connectivity index (χ1v) is 9.53. The summed E-state index contributed by atoms with van der Waals surface area (Å²) in [6.45, 7) is 0.515. The smallest absolute Gasteiger partial charge is 0.411 e. The van der Waals surface area contributed by atoms with Crippen LogP contribution >= 0.6 is 11.3 Å². The zero-order chi connectivity index (χ0) is 16.4. The number of ether oxygens (including phenoxy) is 1. The lowest BCUT2D eigenvalue weighted by molar-refractivity contribution is 0.122. The van der Waals surface area contributed by atoms with Crippen molar-refractivity contribution < 1.29 is 9.53 Å². The van der Waals surface area contributed by atoms with Crippen LogP contribution in [0.25, 0.3) is 11.1 Å². The van der Waals surface area contributed by atoms with Crippen LogP contribution in [0.3, 0.4) is 0 Å². The summed E-state index contributed by atoms with van der Waals surface area (Å²) in [7, 11) is 0. The lowest BCUT2D eigenvalue weighted by Gasteiger charge is -2.28. The summed E-state index contributed by atoms with van der Waals surface area (Å²) in [5.74, 6) is 0.488. The molecule has 0 spiro atoms. The molecule has 2 bridgehead atoms. The number of anilines is 1. The monoisotopic (exact) mass is 342 g/mol. The molecule has 2 saturated heterocycles. The van der Waals surface area contributed by atoms with Crippen molar-refractivity contribution in [3.8, 4) is 11.1 Å². The van der Waals surface area contributed by atoms with E-state index in [1.807, 2.05) is 29.6 Å². The zero-order valence-electron chi connectivity index (χ0n) is 13.5. The minimum absolute atomic E-state index is 0.358. The number of benzene rings is 1. The Labute approximate surface area is 146 Å². The van der Waals surface area contributed by atoms with Crippen LogP contribution in [0.5, 0.6) is 0 Å². The molecule has 4 nitrogen and oxygen atoms in total. The van der Waals surface area contributed by atoms with Gasteiger partial charge in [-0.05, 0) is 60.1 Å². The van der Waals surface area contributed by atoms with Crippen LogP contribution in [-0.2, 0) is 4.74 Å². The highest BCUT2D eigenvalue weighted by Crippen LogP contribution is 2.32. The van der Waals surface area contributed by atoms with Crippen molar-refractivity contribution in [1.82, 2.24) is 5.32 Å². The van der Waals surface area contributed by atoms with Gasteiger partial charge in [-0.15, -0.1) is 0 Å². The van der Waals surface area contributed by atoms with Crippen LogP contribution in [0.2, 0.25) is 0 Å². The molecule has 126 valence electrons. The number of carbonyl (C=O) groups excluding carboxylic acids is 1. The maximum absolute atomic E-state index is 12.2. The molecule has 2 aliphatic rings. The molecule has 2 aliphatic heterocycles. The molecule has 1 amide bonds. The number of para-hydroxylation sites is 1. The topological polar surface area (TPSA) is 50.4 Å². The SMILES string of the molecule is O=C(Nc1ccccc1-c1ccsc1)OCC1C[C@H]2CC[C@@H](C1)N2. The molecular formula is C19H22N2O2S. The van der Waals surface area contributed by atoms with E-state index in [9.17, 15) is 4.79 Å². The van der Waals surface area contributed by atoms with Crippen LogP contribution in [0.15, 0.2) is 41.1 Å². The van der Waals surface area contributed by atoms with E-state index in [4.69, 9.17) is 4.74 Å². The van der Waals surface area contributed by atoms with Crippen molar-refractivity contribution in [3.63, 3.8) is 0 Å². The van der Waals surface area contributed by atoms with Gasteiger partial charge in [0.05, 0.1) is 12.3 Å². The summed E-state index contributed by atoms with van der Waals surface area (Å²) in [6, 6.07) is 11.1. The van der Waals surface area contributed by atoms with Gasteiger partial charge in [-0.25, -0.2) is 4.79 Å². The normalized spacial score (nSPS) is 25.4. The van der Waals surface area contributed by atoms with Gasteiger partial charge in [-0.3, -0.25) is 5.32 Å². The Balaban J connectivity index is 1.35. The third-order valence-electron chi connectivity index (χ3n) is 5.02. The van der Waals surface area contributed by atoms with Gasteiger partial charge in [0, 0.05) is 17.6 Å². The van der Waals surface area contributed by atoms with Gasteiger partial charge in [-0.1, -0.05) is 18.2 Å². The Morgan fingerprint density at radius 2 is 2.00 bits per heavy atom. The van der Waals surface area contributed by atoms with Crippen LogP contribution in [0.1, 0.15) is 25.7 Å². The maximum Gasteiger partial charge on any atom is 0.411 e. The van der Waals surface area contributed by atoms with Crippen LogP contribution < -0.4 is 10.6 Å². The van der Waals surface area contributed by atoms with Crippen LogP contribution in [-0.4, -0.2) is 24.8 Å². The Kier molecular flexibility index (Phi) is 4.54. The van der Waals surface area contributed by atoms with E-state index in [0.717, 1.165) is 29.7 Å². The maximum atomic E-state index is 12.2. The van der Waals surface area contributed by atoms with E-state index < -0.39 is 0 Å². The van der Waals surface area contributed by atoms with E-state index in [1.165, 1.54) is 12.8 Å². The second kappa shape index (κ2) is 6.95. The first-order chi connectivity index (χ1) is 11.8. The number of amides is 1. The molecule has 2 N–H and O–H groups in total. The summed E-state index contributed by atoms with van der Waals surface area (Å²) in [4.78, 5) is 12.2. The molecule has 0 saturated carbocycles. The average Bonchev–Trinajstić information content (AvgIpc) is 3.23. The van der Waals surface area contributed by atoms with Gasteiger partial charge < -0.3 is 10.1 Å². The number of fused-ring (bicyclic) bond motifs is 2.